The second kappa shape index (κ2) is 7.29. The van der Waals surface area contributed by atoms with Gasteiger partial charge in [0, 0.05) is 25.8 Å². The number of benzene rings is 1. The Morgan fingerprint density at radius 1 is 1.40 bits per heavy atom. The summed E-state index contributed by atoms with van der Waals surface area (Å²) in [6.07, 6.45) is 3.15. The Labute approximate surface area is 121 Å². The number of likely N-dealkylation sites (tertiary alicyclic amines) is 1. The first-order valence-electron chi connectivity index (χ1n) is 7.44. The van der Waals surface area contributed by atoms with Crippen LogP contribution in [-0.4, -0.2) is 44.0 Å². The third kappa shape index (κ3) is 4.23. The van der Waals surface area contributed by atoms with Crippen molar-refractivity contribution in [1.82, 2.24) is 4.90 Å². The molecule has 20 heavy (non-hydrogen) atoms. The molecule has 1 aromatic carbocycles. The van der Waals surface area contributed by atoms with Crippen LogP contribution in [0.25, 0.3) is 0 Å². The number of primary amides is 1. The number of rotatable bonds is 6. The summed E-state index contributed by atoms with van der Waals surface area (Å²) in [7, 11) is 2.12. The second-order valence-corrected chi connectivity index (χ2v) is 5.65. The van der Waals surface area contributed by atoms with Gasteiger partial charge in [-0.1, -0.05) is 18.2 Å². The van der Waals surface area contributed by atoms with E-state index in [-0.39, 0.29) is 11.8 Å². The van der Waals surface area contributed by atoms with Crippen molar-refractivity contribution < 1.29 is 4.79 Å². The van der Waals surface area contributed by atoms with E-state index in [2.05, 4.69) is 41.1 Å². The number of hydrogen-bond donors (Lipinski definition) is 1. The van der Waals surface area contributed by atoms with Gasteiger partial charge in [0.25, 0.3) is 0 Å². The maximum absolute atomic E-state index is 11.3. The summed E-state index contributed by atoms with van der Waals surface area (Å²) in [6.45, 7) is 4.01. The highest BCUT2D eigenvalue weighted by Crippen LogP contribution is 2.16. The smallest absolute Gasteiger partial charge is 0.221 e. The topological polar surface area (TPSA) is 49.6 Å². The van der Waals surface area contributed by atoms with Crippen LogP contribution in [0.5, 0.6) is 0 Å². The molecule has 2 rings (SSSR count). The number of anilines is 1. The Morgan fingerprint density at radius 2 is 2.15 bits per heavy atom. The maximum Gasteiger partial charge on any atom is 0.221 e. The van der Waals surface area contributed by atoms with E-state index in [1.807, 2.05) is 6.07 Å². The van der Waals surface area contributed by atoms with Gasteiger partial charge in [0.2, 0.25) is 5.91 Å². The maximum atomic E-state index is 11.3. The molecule has 2 N–H and O–H groups in total. The number of nitrogens with zero attached hydrogens (tertiary/aromatic N) is 2. The van der Waals surface area contributed by atoms with Gasteiger partial charge in [0.15, 0.2) is 0 Å². The van der Waals surface area contributed by atoms with Crippen LogP contribution in [-0.2, 0) is 4.79 Å². The highest BCUT2D eigenvalue weighted by atomic mass is 16.1. The largest absolute Gasteiger partial charge is 0.375 e. The minimum Gasteiger partial charge on any atom is -0.375 e. The average Bonchev–Trinajstić information content (AvgIpc) is 2.48. The zero-order valence-corrected chi connectivity index (χ0v) is 12.3. The molecule has 0 spiro atoms. The summed E-state index contributed by atoms with van der Waals surface area (Å²) < 4.78 is 0. The first-order chi connectivity index (χ1) is 9.66. The molecule has 1 atom stereocenters. The molecule has 4 nitrogen and oxygen atoms in total. The van der Waals surface area contributed by atoms with Crippen LogP contribution >= 0.6 is 0 Å². The quantitative estimate of drug-likeness (QED) is 0.860. The second-order valence-electron chi connectivity index (χ2n) is 5.65. The van der Waals surface area contributed by atoms with Gasteiger partial charge in [-0.3, -0.25) is 4.79 Å². The lowest BCUT2D eigenvalue weighted by Gasteiger charge is -2.31. The molecule has 1 amide bonds. The van der Waals surface area contributed by atoms with Gasteiger partial charge in [-0.15, -0.1) is 0 Å². The van der Waals surface area contributed by atoms with E-state index in [0.29, 0.717) is 0 Å². The normalized spacial score (nSPS) is 19.8. The van der Waals surface area contributed by atoms with Gasteiger partial charge in [0.1, 0.15) is 0 Å². The zero-order chi connectivity index (χ0) is 14.4. The first-order valence-corrected chi connectivity index (χ1v) is 7.44. The third-order valence-electron chi connectivity index (χ3n) is 4.07. The van der Waals surface area contributed by atoms with E-state index in [0.717, 1.165) is 45.4 Å². The Morgan fingerprint density at radius 3 is 2.85 bits per heavy atom. The molecule has 0 radical (unpaired) electrons. The molecule has 110 valence electrons. The summed E-state index contributed by atoms with van der Waals surface area (Å²) in [4.78, 5) is 15.9. The van der Waals surface area contributed by atoms with E-state index in [1.54, 1.807) is 0 Å². The van der Waals surface area contributed by atoms with Gasteiger partial charge >= 0.3 is 0 Å². The summed E-state index contributed by atoms with van der Waals surface area (Å²) in [6, 6.07) is 10.4. The van der Waals surface area contributed by atoms with Crippen LogP contribution in [0.15, 0.2) is 30.3 Å². The lowest BCUT2D eigenvalue weighted by molar-refractivity contribution is -0.123. The first kappa shape index (κ1) is 14.9. The van der Waals surface area contributed by atoms with Gasteiger partial charge in [-0.2, -0.15) is 0 Å². The molecule has 1 fully saturated rings. The third-order valence-corrected chi connectivity index (χ3v) is 4.07. The molecule has 1 saturated heterocycles. The van der Waals surface area contributed by atoms with Crippen LogP contribution in [0.3, 0.4) is 0 Å². The minimum absolute atomic E-state index is 0.0515. The van der Waals surface area contributed by atoms with Gasteiger partial charge in [-0.25, -0.2) is 0 Å². The summed E-state index contributed by atoms with van der Waals surface area (Å²) in [5.74, 6) is -0.0910. The molecule has 1 aliphatic heterocycles. The lowest BCUT2D eigenvalue weighted by Crippen LogP contribution is -2.42. The standard InChI is InChI=1S/C16H25N3O/c1-18(15-8-3-2-4-9-15)10-6-12-19-11-5-7-14(13-19)16(17)20/h2-4,8-9,14H,5-7,10-13H2,1H3,(H2,17,20). The minimum atomic E-state index is -0.142. The molecule has 0 saturated carbocycles. The molecule has 4 heteroatoms. The monoisotopic (exact) mass is 275 g/mol. The van der Waals surface area contributed by atoms with Gasteiger partial charge in [0.05, 0.1) is 5.92 Å². The van der Waals surface area contributed by atoms with Crippen LogP contribution < -0.4 is 10.6 Å². The summed E-state index contributed by atoms with van der Waals surface area (Å²) in [5.41, 5.74) is 6.66. The fraction of sp³-hybridized carbons (Fsp3) is 0.562. The number of piperidine rings is 1. The van der Waals surface area contributed by atoms with Gasteiger partial charge < -0.3 is 15.5 Å². The van der Waals surface area contributed by atoms with Crippen molar-refractivity contribution in [2.45, 2.75) is 19.3 Å². The Bertz CT molecular complexity index is 421. The number of amides is 1. The Hall–Kier alpha value is -1.55. The van der Waals surface area contributed by atoms with Crippen LogP contribution in [0.1, 0.15) is 19.3 Å². The highest BCUT2D eigenvalue weighted by molar-refractivity contribution is 5.76. The summed E-state index contributed by atoms with van der Waals surface area (Å²) >= 11 is 0. The van der Waals surface area contributed by atoms with Crippen molar-refractivity contribution in [3.63, 3.8) is 0 Å². The zero-order valence-electron chi connectivity index (χ0n) is 12.3. The van der Waals surface area contributed by atoms with Crippen LogP contribution in [0.4, 0.5) is 5.69 Å². The molecule has 0 bridgehead atoms. The van der Waals surface area contributed by atoms with Gasteiger partial charge in [-0.05, 0) is 44.5 Å². The molecule has 1 aromatic rings. The van der Waals surface area contributed by atoms with Crippen molar-refractivity contribution in [2.75, 3.05) is 38.1 Å². The summed E-state index contributed by atoms with van der Waals surface area (Å²) in [5, 5.41) is 0. The van der Waals surface area contributed by atoms with Crippen LogP contribution in [0.2, 0.25) is 0 Å². The SMILES string of the molecule is CN(CCCN1CCCC(C(N)=O)C1)c1ccccc1. The van der Waals surface area contributed by atoms with E-state index in [1.165, 1.54) is 5.69 Å². The number of hydrogen-bond acceptors (Lipinski definition) is 3. The highest BCUT2D eigenvalue weighted by Gasteiger charge is 2.23. The molecule has 0 aliphatic carbocycles. The predicted molar refractivity (Wildman–Crippen MR) is 82.7 cm³/mol. The van der Waals surface area contributed by atoms with Crippen molar-refractivity contribution in [2.24, 2.45) is 11.7 Å². The predicted octanol–water partition coefficient (Wildman–Crippen LogP) is 1.71. The fourth-order valence-corrected chi connectivity index (χ4v) is 2.83. The van der Waals surface area contributed by atoms with E-state index < -0.39 is 0 Å². The van der Waals surface area contributed by atoms with Crippen molar-refractivity contribution in [3.05, 3.63) is 30.3 Å². The van der Waals surface area contributed by atoms with E-state index in [4.69, 9.17) is 5.73 Å². The van der Waals surface area contributed by atoms with Crippen molar-refractivity contribution in [1.29, 1.82) is 0 Å². The lowest BCUT2D eigenvalue weighted by atomic mass is 9.97. The molecule has 1 aliphatic rings. The molecular weight excluding hydrogens is 250 g/mol. The number of carbonyl (C=O) groups excluding carboxylic acids is 1. The van der Waals surface area contributed by atoms with Crippen LogP contribution in [0, 0.1) is 5.92 Å². The Kier molecular flexibility index (Phi) is 5.41. The molecular formula is C16H25N3O. The van der Waals surface area contributed by atoms with E-state index >= 15 is 0 Å². The fourth-order valence-electron chi connectivity index (χ4n) is 2.83. The number of nitrogens with two attached hydrogens (primary N) is 1. The van der Waals surface area contributed by atoms with E-state index in [9.17, 15) is 4.79 Å². The van der Waals surface area contributed by atoms with Crippen molar-refractivity contribution in [3.8, 4) is 0 Å². The van der Waals surface area contributed by atoms with Crippen molar-refractivity contribution >= 4 is 11.6 Å². The molecule has 1 unspecified atom stereocenters. The number of carbonyl (C=O) groups is 1. The number of para-hydroxylation sites is 1. The Balaban J connectivity index is 1.71. The molecule has 1 heterocycles. The molecule has 0 aromatic heterocycles. The average molecular weight is 275 g/mol.